The summed E-state index contributed by atoms with van der Waals surface area (Å²) in [5.41, 5.74) is 0. The van der Waals surface area contributed by atoms with Crippen molar-refractivity contribution < 1.29 is 5.11 Å². The van der Waals surface area contributed by atoms with E-state index in [-0.39, 0.29) is 0 Å². The van der Waals surface area contributed by atoms with Gasteiger partial charge in [-0.25, -0.2) is 0 Å². The largest absolute Gasteiger partial charge is 0.396 e. The van der Waals surface area contributed by atoms with Crippen LogP contribution in [-0.2, 0) is 0 Å². The first-order valence-corrected chi connectivity index (χ1v) is 9.24. The van der Waals surface area contributed by atoms with E-state index in [0.29, 0.717) is 18.6 Å². The molecule has 1 saturated heterocycles. The molecule has 2 fully saturated rings. The number of rotatable bonds is 8. The predicted octanol–water partition coefficient (Wildman–Crippen LogP) is 2.89. The molecule has 3 nitrogen and oxygen atoms in total. The standard InChI is InChI=1S/C18H36N2O/c1-15(2)7-9-19-18-11-17(8-10-21)13-20(14-18)12-16-5-3-4-6-16/h15-19,21H,3-14H2,1-2H3. The second-order valence-corrected chi connectivity index (χ2v) is 7.82. The Hall–Kier alpha value is -0.120. The molecule has 2 N–H and O–H groups in total. The van der Waals surface area contributed by atoms with Gasteiger partial charge in [-0.3, -0.25) is 0 Å². The molecule has 2 atom stereocenters. The van der Waals surface area contributed by atoms with Crippen LogP contribution in [0.1, 0.15) is 58.8 Å². The van der Waals surface area contributed by atoms with Crippen molar-refractivity contribution in [1.82, 2.24) is 10.2 Å². The first-order valence-electron chi connectivity index (χ1n) is 9.24. The van der Waals surface area contributed by atoms with Crippen LogP contribution in [0.3, 0.4) is 0 Å². The Morgan fingerprint density at radius 3 is 2.57 bits per heavy atom. The van der Waals surface area contributed by atoms with Gasteiger partial charge in [0.1, 0.15) is 0 Å². The maximum Gasteiger partial charge on any atom is 0.0434 e. The number of piperidine rings is 1. The van der Waals surface area contributed by atoms with Crippen molar-refractivity contribution in [2.75, 3.05) is 32.8 Å². The summed E-state index contributed by atoms with van der Waals surface area (Å²) in [4.78, 5) is 2.69. The minimum Gasteiger partial charge on any atom is -0.396 e. The normalized spacial score (nSPS) is 28.6. The third-order valence-corrected chi connectivity index (χ3v) is 5.30. The molecular formula is C18H36N2O. The molecule has 2 aliphatic rings. The lowest BCUT2D eigenvalue weighted by Gasteiger charge is -2.39. The first-order chi connectivity index (χ1) is 10.2. The van der Waals surface area contributed by atoms with Crippen LogP contribution < -0.4 is 5.32 Å². The summed E-state index contributed by atoms with van der Waals surface area (Å²) in [5, 5.41) is 13.1. The fraction of sp³-hybridized carbons (Fsp3) is 1.00. The van der Waals surface area contributed by atoms with Gasteiger partial charge < -0.3 is 15.3 Å². The average molecular weight is 296 g/mol. The van der Waals surface area contributed by atoms with Gasteiger partial charge in [0.15, 0.2) is 0 Å². The maximum absolute atomic E-state index is 9.29. The number of likely N-dealkylation sites (tertiary alicyclic amines) is 1. The van der Waals surface area contributed by atoms with Crippen molar-refractivity contribution in [2.24, 2.45) is 17.8 Å². The quantitative estimate of drug-likeness (QED) is 0.723. The number of hydrogen-bond donors (Lipinski definition) is 2. The van der Waals surface area contributed by atoms with Gasteiger partial charge in [0.05, 0.1) is 0 Å². The molecule has 2 rings (SSSR count). The third kappa shape index (κ3) is 6.25. The van der Waals surface area contributed by atoms with Crippen molar-refractivity contribution in [1.29, 1.82) is 0 Å². The molecule has 0 aromatic rings. The number of aliphatic hydroxyl groups excluding tert-OH is 1. The van der Waals surface area contributed by atoms with Crippen LogP contribution in [0, 0.1) is 17.8 Å². The summed E-state index contributed by atoms with van der Waals surface area (Å²) in [6.45, 7) is 9.80. The van der Waals surface area contributed by atoms with Gasteiger partial charge in [-0.2, -0.15) is 0 Å². The SMILES string of the molecule is CC(C)CCNC1CC(CCO)CN(CC2CCCC2)C1. The fourth-order valence-electron chi connectivity index (χ4n) is 4.13. The molecule has 1 heterocycles. The fourth-order valence-corrected chi connectivity index (χ4v) is 4.13. The van der Waals surface area contributed by atoms with Crippen LogP contribution in [0.4, 0.5) is 0 Å². The van der Waals surface area contributed by atoms with Crippen LogP contribution in [-0.4, -0.2) is 48.8 Å². The van der Waals surface area contributed by atoms with Crippen molar-refractivity contribution in [3.63, 3.8) is 0 Å². The van der Waals surface area contributed by atoms with Gasteiger partial charge >= 0.3 is 0 Å². The molecule has 0 bridgehead atoms. The Bertz CT molecular complexity index is 276. The molecular weight excluding hydrogens is 260 g/mol. The van der Waals surface area contributed by atoms with Gasteiger partial charge in [0, 0.05) is 32.3 Å². The summed E-state index contributed by atoms with van der Waals surface area (Å²) >= 11 is 0. The molecule has 1 aliphatic carbocycles. The molecule has 0 radical (unpaired) electrons. The van der Waals surface area contributed by atoms with Gasteiger partial charge in [-0.1, -0.05) is 26.7 Å². The van der Waals surface area contributed by atoms with Crippen molar-refractivity contribution >= 4 is 0 Å². The van der Waals surface area contributed by atoms with E-state index in [9.17, 15) is 5.11 Å². The minimum atomic E-state index is 0.348. The van der Waals surface area contributed by atoms with Crippen LogP contribution in [0.2, 0.25) is 0 Å². The zero-order chi connectivity index (χ0) is 15.1. The van der Waals surface area contributed by atoms with E-state index in [2.05, 4.69) is 24.1 Å². The molecule has 0 spiro atoms. The molecule has 21 heavy (non-hydrogen) atoms. The monoisotopic (exact) mass is 296 g/mol. The highest BCUT2D eigenvalue weighted by Gasteiger charge is 2.28. The zero-order valence-corrected chi connectivity index (χ0v) is 14.2. The summed E-state index contributed by atoms with van der Waals surface area (Å²) in [6, 6.07) is 0.635. The Morgan fingerprint density at radius 2 is 1.90 bits per heavy atom. The van der Waals surface area contributed by atoms with E-state index in [1.807, 2.05) is 0 Å². The van der Waals surface area contributed by atoms with E-state index >= 15 is 0 Å². The highest BCUT2D eigenvalue weighted by Crippen LogP contribution is 2.28. The molecule has 0 aromatic heterocycles. The molecule has 3 heteroatoms. The van der Waals surface area contributed by atoms with Crippen LogP contribution in [0.5, 0.6) is 0 Å². The van der Waals surface area contributed by atoms with Gasteiger partial charge in [0.2, 0.25) is 0 Å². The van der Waals surface area contributed by atoms with Gasteiger partial charge in [0.25, 0.3) is 0 Å². The van der Waals surface area contributed by atoms with Gasteiger partial charge in [-0.15, -0.1) is 0 Å². The van der Waals surface area contributed by atoms with Crippen LogP contribution >= 0.6 is 0 Å². The molecule has 0 aromatic carbocycles. The maximum atomic E-state index is 9.29. The number of aliphatic hydroxyl groups is 1. The minimum absolute atomic E-state index is 0.348. The van der Waals surface area contributed by atoms with E-state index in [4.69, 9.17) is 0 Å². The second-order valence-electron chi connectivity index (χ2n) is 7.82. The van der Waals surface area contributed by atoms with Crippen molar-refractivity contribution in [2.45, 2.75) is 64.8 Å². The number of nitrogens with zero attached hydrogens (tertiary/aromatic N) is 1. The van der Waals surface area contributed by atoms with Gasteiger partial charge in [-0.05, 0) is 56.4 Å². The number of nitrogens with one attached hydrogen (secondary N) is 1. The van der Waals surface area contributed by atoms with Crippen LogP contribution in [0.15, 0.2) is 0 Å². The van der Waals surface area contributed by atoms with E-state index in [0.717, 1.165) is 24.8 Å². The smallest absolute Gasteiger partial charge is 0.0434 e. The Labute approximate surface area is 131 Å². The average Bonchev–Trinajstić information content (AvgIpc) is 2.91. The summed E-state index contributed by atoms with van der Waals surface area (Å²) in [5.74, 6) is 2.40. The van der Waals surface area contributed by atoms with E-state index in [1.54, 1.807) is 0 Å². The molecule has 124 valence electrons. The molecule has 1 saturated carbocycles. The lowest BCUT2D eigenvalue weighted by atomic mass is 9.90. The van der Waals surface area contributed by atoms with E-state index in [1.165, 1.54) is 58.2 Å². The Morgan fingerprint density at radius 1 is 1.14 bits per heavy atom. The van der Waals surface area contributed by atoms with E-state index < -0.39 is 0 Å². The number of hydrogen-bond acceptors (Lipinski definition) is 3. The Balaban J connectivity index is 1.78. The molecule has 2 unspecified atom stereocenters. The van der Waals surface area contributed by atoms with Crippen molar-refractivity contribution in [3.8, 4) is 0 Å². The summed E-state index contributed by atoms with van der Waals surface area (Å²) < 4.78 is 0. The topological polar surface area (TPSA) is 35.5 Å². The lowest BCUT2D eigenvalue weighted by molar-refractivity contribution is 0.107. The molecule has 0 amide bonds. The van der Waals surface area contributed by atoms with Crippen LogP contribution in [0.25, 0.3) is 0 Å². The third-order valence-electron chi connectivity index (χ3n) is 5.30. The predicted molar refractivity (Wildman–Crippen MR) is 89.5 cm³/mol. The zero-order valence-electron chi connectivity index (χ0n) is 14.2. The first kappa shape index (κ1) is 17.2. The highest BCUT2D eigenvalue weighted by molar-refractivity contribution is 4.85. The highest BCUT2D eigenvalue weighted by atomic mass is 16.3. The second kappa shape index (κ2) is 9.12. The summed E-state index contributed by atoms with van der Waals surface area (Å²) in [7, 11) is 0. The molecule has 1 aliphatic heterocycles. The Kier molecular flexibility index (Phi) is 7.48. The lowest BCUT2D eigenvalue weighted by Crippen LogP contribution is -2.50. The summed E-state index contributed by atoms with van der Waals surface area (Å²) in [6.07, 6.45) is 9.25. The van der Waals surface area contributed by atoms with Crippen molar-refractivity contribution in [3.05, 3.63) is 0 Å².